The van der Waals surface area contributed by atoms with Crippen LogP contribution in [0.2, 0.25) is 0 Å². The summed E-state index contributed by atoms with van der Waals surface area (Å²) in [6, 6.07) is 11.4. The van der Waals surface area contributed by atoms with Crippen LogP contribution in [0.5, 0.6) is 0 Å². The van der Waals surface area contributed by atoms with Crippen molar-refractivity contribution in [3.63, 3.8) is 0 Å². The van der Waals surface area contributed by atoms with Crippen molar-refractivity contribution in [3.05, 3.63) is 48.3 Å². The Morgan fingerprint density at radius 3 is 2.71 bits per heavy atom. The quantitative estimate of drug-likeness (QED) is 0.912. The number of anilines is 1. The fraction of sp³-hybridized carbons (Fsp3) is 0.500. The number of hydrogen-bond donors (Lipinski definition) is 1. The van der Waals surface area contributed by atoms with Gasteiger partial charge in [-0.15, -0.1) is 0 Å². The van der Waals surface area contributed by atoms with Crippen LogP contribution in [0.1, 0.15) is 38.7 Å². The molecular weight excluding hydrogens is 258 g/mol. The van der Waals surface area contributed by atoms with E-state index in [1.807, 2.05) is 23.1 Å². The second-order valence-corrected chi connectivity index (χ2v) is 6.42. The van der Waals surface area contributed by atoms with E-state index in [2.05, 4.69) is 48.5 Å². The average molecular weight is 283 g/mol. The van der Waals surface area contributed by atoms with Crippen LogP contribution in [0.3, 0.4) is 0 Å². The highest BCUT2D eigenvalue weighted by Crippen LogP contribution is 2.31. The molecule has 0 saturated heterocycles. The van der Waals surface area contributed by atoms with Crippen LogP contribution in [-0.4, -0.2) is 15.8 Å². The summed E-state index contributed by atoms with van der Waals surface area (Å²) < 4.78 is 1.95. The maximum Gasteiger partial charge on any atom is 0.0659 e. The summed E-state index contributed by atoms with van der Waals surface area (Å²) >= 11 is 0. The van der Waals surface area contributed by atoms with E-state index < -0.39 is 0 Å². The molecule has 1 aliphatic carbocycles. The largest absolute Gasteiger partial charge is 0.382 e. The van der Waals surface area contributed by atoms with Crippen molar-refractivity contribution in [3.8, 4) is 0 Å². The molecule has 3 atom stereocenters. The fourth-order valence-electron chi connectivity index (χ4n) is 3.29. The molecule has 0 bridgehead atoms. The van der Waals surface area contributed by atoms with Gasteiger partial charge in [0.2, 0.25) is 0 Å². The van der Waals surface area contributed by atoms with Crippen molar-refractivity contribution in [2.45, 2.75) is 45.7 Å². The highest BCUT2D eigenvalue weighted by molar-refractivity contribution is 5.45. The number of nitrogens with zero attached hydrogens (tertiary/aromatic N) is 2. The van der Waals surface area contributed by atoms with Gasteiger partial charge in [0.05, 0.1) is 6.54 Å². The van der Waals surface area contributed by atoms with Crippen LogP contribution in [0.25, 0.3) is 0 Å². The van der Waals surface area contributed by atoms with Crippen molar-refractivity contribution in [1.29, 1.82) is 0 Å². The van der Waals surface area contributed by atoms with E-state index in [1.54, 1.807) is 0 Å². The number of aromatic nitrogens is 2. The van der Waals surface area contributed by atoms with Gasteiger partial charge >= 0.3 is 0 Å². The zero-order valence-electron chi connectivity index (χ0n) is 13.0. The summed E-state index contributed by atoms with van der Waals surface area (Å²) in [4.78, 5) is 0. The zero-order valence-corrected chi connectivity index (χ0v) is 13.0. The van der Waals surface area contributed by atoms with Crippen molar-refractivity contribution < 1.29 is 0 Å². The zero-order chi connectivity index (χ0) is 14.7. The molecule has 1 saturated carbocycles. The van der Waals surface area contributed by atoms with Gasteiger partial charge in [-0.25, -0.2) is 0 Å². The Bertz CT molecular complexity index is 544. The second kappa shape index (κ2) is 6.33. The van der Waals surface area contributed by atoms with E-state index in [0.29, 0.717) is 6.04 Å². The Balaban J connectivity index is 1.61. The van der Waals surface area contributed by atoms with Crippen LogP contribution in [0, 0.1) is 11.8 Å². The van der Waals surface area contributed by atoms with Gasteiger partial charge in [-0.05, 0) is 42.0 Å². The van der Waals surface area contributed by atoms with Gasteiger partial charge in [-0.1, -0.05) is 38.8 Å². The van der Waals surface area contributed by atoms with Crippen molar-refractivity contribution >= 4 is 5.69 Å². The molecule has 1 aromatic heterocycles. The first kappa shape index (κ1) is 14.2. The van der Waals surface area contributed by atoms with Gasteiger partial charge in [0, 0.05) is 24.1 Å². The molecule has 3 unspecified atom stereocenters. The number of benzene rings is 1. The third-order valence-electron chi connectivity index (χ3n) is 4.92. The molecule has 3 nitrogen and oxygen atoms in total. The Hall–Kier alpha value is -1.77. The van der Waals surface area contributed by atoms with Crippen LogP contribution in [-0.2, 0) is 6.54 Å². The number of rotatable bonds is 4. The summed E-state index contributed by atoms with van der Waals surface area (Å²) in [6.07, 6.45) is 7.84. The van der Waals surface area contributed by atoms with E-state index >= 15 is 0 Å². The minimum Gasteiger partial charge on any atom is -0.382 e. The normalized spacial score (nSPS) is 25.7. The third kappa shape index (κ3) is 3.46. The first-order chi connectivity index (χ1) is 10.2. The maximum absolute atomic E-state index is 4.25. The monoisotopic (exact) mass is 283 g/mol. The van der Waals surface area contributed by atoms with Gasteiger partial charge in [-0.2, -0.15) is 5.10 Å². The average Bonchev–Trinajstić information content (AvgIpc) is 2.99. The molecule has 2 aromatic rings. The van der Waals surface area contributed by atoms with Crippen molar-refractivity contribution in [2.24, 2.45) is 11.8 Å². The summed E-state index contributed by atoms with van der Waals surface area (Å²) in [7, 11) is 0. The molecule has 3 rings (SSSR count). The lowest BCUT2D eigenvalue weighted by Crippen LogP contribution is -2.34. The Labute approximate surface area is 127 Å². The minimum absolute atomic E-state index is 0.616. The molecule has 0 amide bonds. The predicted molar refractivity (Wildman–Crippen MR) is 87.4 cm³/mol. The Morgan fingerprint density at radius 1 is 1.19 bits per heavy atom. The molecule has 1 fully saturated rings. The number of nitrogens with one attached hydrogen (secondary N) is 1. The van der Waals surface area contributed by atoms with Gasteiger partial charge in [0.1, 0.15) is 0 Å². The lowest BCUT2D eigenvalue weighted by molar-refractivity contribution is 0.253. The Morgan fingerprint density at radius 2 is 2.00 bits per heavy atom. The highest BCUT2D eigenvalue weighted by atomic mass is 15.3. The van der Waals surface area contributed by atoms with Gasteiger partial charge < -0.3 is 5.32 Å². The maximum atomic E-state index is 4.25. The smallest absolute Gasteiger partial charge is 0.0659 e. The van der Waals surface area contributed by atoms with Crippen LogP contribution in [0.4, 0.5) is 5.69 Å². The van der Waals surface area contributed by atoms with E-state index in [-0.39, 0.29) is 0 Å². The van der Waals surface area contributed by atoms with Crippen molar-refractivity contribution in [2.75, 3.05) is 5.32 Å². The molecule has 1 aromatic carbocycles. The molecule has 1 N–H and O–H groups in total. The molecule has 1 heterocycles. The summed E-state index contributed by atoms with van der Waals surface area (Å²) in [5.74, 6) is 1.58. The molecule has 0 spiro atoms. The topological polar surface area (TPSA) is 29.9 Å². The molecule has 0 aliphatic heterocycles. The number of hydrogen-bond acceptors (Lipinski definition) is 2. The second-order valence-electron chi connectivity index (χ2n) is 6.42. The fourth-order valence-corrected chi connectivity index (χ4v) is 3.29. The highest BCUT2D eigenvalue weighted by Gasteiger charge is 2.26. The van der Waals surface area contributed by atoms with Crippen LogP contribution < -0.4 is 5.32 Å². The van der Waals surface area contributed by atoms with Gasteiger partial charge in [-0.3, -0.25) is 4.68 Å². The van der Waals surface area contributed by atoms with Crippen molar-refractivity contribution in [1.82, 2.24) is 9.78 Å². The molecule has 0 radical (unpaired) electrons. The summed E-state index contributed by atoms with van der Waals surface area (Å²) in [5, 5.41) is 7.97. The molecule has 112 valence electrons. The van der Waals surface area contributed by atoms with E-state index in [9.17, 15) is 0 Å². The molecule has 21 heavy (non-hydrogen) atoms. The summed E-state index contributed by atoms with van der Waals surface area (Å²) in [6.45, 7) is 5.60. The Kier molecular flexibility index (Phi) is 4.28. The standard InChI is InChI=1S/C18H25N3/c1-14-5-3-6-18(15(14)2)20-17-9-7-16(8-10-17)13-21-12-4-11-19-21/h4,7-12,14-15,18,20H,3,5-6,13H2,1-2H3. The van der Waals surface area contributed by atoms with Crippen LogP contribution >= 0.6 is 0 Å². The SMILES string of the molecule is CC1CCCC(Nc2ccc(Cn3cccn3)cc2)C1C. The minimum atomic E-state index is 0.616. The predicted octanol–water partition coefficient (Wildman–Crippen LogP) is 4.17. The lowest BCUT2D eigenvalue weighted by Gasteiger charge is -2.35. The molecular formula is C18H25N3. The first-order valence-corrected chi connectivity index (χ1v) is 8.05. The third-order valence-corrected chi connectivity index (χ3v) is 4.92. The van der Waals surface area contributed by atoms with E-state index in [4.69, 9.17) is 0 Å². The van der Waals surface area contributed by atoms with Crippen LogP contribution in [0.15, 0.2) is 42.7 Å². The molecule has 3 heteroatoms. The van der Waals surface area contributed by atoms with E-state index in [1.165, 1.54) is 30.5 Å². The summed E-state index contributed by atoms with van der Waals surface area (Å²) in [5.41, 5.74) is 2.53. The molecule has 1 aliphatic rings. The van der Waals surface area contributed by atoms with E-state index in [0.717, 1.165) is 18.4 Å². The van der Waals surface area contributed by atoms with Gasteiger partial charge in [0.15, 0.2) is 0 Å². The van der Waals surface area contributed by atoms with Gasteiger partial charge in [0.25, 0.3) is 0 Å². The lowest BCUT2D eigenvalue weighted by atomic mass is 9.78. The first-order valence-electron chi connectivity index (χ1n) is 8.05.